The molecule has 68 valence electrons. The Morgan fingerprint density at radius 3 is 2.38 bits per heavy atom. The summed E-state index contributed by atoms with van der Waals surface area (Å²) in [7, 11) is 0. The second-order valence-corrected chi connectivity index (χ2v) is 3.57. The lowest BCUT2D eigenvalue weighted by molar-refractivity contribution is -0.126. The first kappa shape index (κ1) is 8.52. The first-order valence-electron chi connectivity index (χ1n) is 4.61. The second kappa shape index (κ2) is 3.00. The van der Waals surface area contributed by atoms with Gasteiger partial charge in [-0.25, -0.2) is 0 Å². The van der Waals surface area contributed by atoms with Gasteiger partial charge in [-0.15, -0.1) is 0 Å². The number of rotatable bonds is 2. The molecule has 0 aromatic heterocycles. The predicted octanol–water partition coefficient (Wildman–Crippen LogP) is 2.88. The third-order valence-corrected chi connectivity index (χ3v) is 2.73. The van der Waals surface area contributed by atoms with E-state index in [0.717, 1.165) is 18.6 Å². The molecule has 1 aromatic rings. The lowest BCUT2D eigenvalue weighted by atomic mass is 9.81. The molecule has 1 unspecified atom stereocenters. The van der Waals surface area contributed by atoms with Crippen LogP contribution in [0.2, 0.25) is 0 Å². The van der Waals surface area contributed by atoms with E-state index < -0.39 is 0 Å². The van der Waals surface area contributed by atoms with Crippen LogP contribution in [0, 0.1) is 0 Å². The number of hydrogen-bond acceptors (Lipinski definition) is 1. The molecule has 1 heterocycles. The Hall–Kier alpha value is -1.08. The van der Waals surface area contributed by atoms with Crippen molar-refractivity contribution in [2.75, 3.05) is 6.61 Å². The first-order valence-corrected chi connectivity index (χ1v) is 4.61. The van der Waals surface area contributed by atoms with Gasteiger partial charge in [-0.1, -0.05) is 36.9 Å². The van der Waals surface area contributed by atoms with Crippen molar-refractivity contribution in [3.05, 3.63) is 48.0 Å². The van der Waals surface area contributed by atoms with Crippen molar-refractivity contribution in [3.63, 3.8) is 0 Å². The quantitative estimate of drug-likeness (QED) is 0.626. The summed E-state index contributed by atoms with van der Waals surface area (Å²) in [4.78, 5) is 0. The fourth-order valence-corrected chi connectivity index (χ4v) is 1.82. The zero-order valence-electron chi connectivity index (χ0n) is 7.92. The second-order valence-electron chi connectivity index (χ2n) is 3.57. The van der Waals surface area contributed by atoms with E-state index in [0.29, 0.717) is 0 Å². The minimum atomic E-state index is -0.179. The van der Waals surface area contributed by atoms with Crippen molar-refractivity contribution in [1.29, 1.82) is 0 Å². The molecule has 1 saturated heterocycles. The van der Waals surface area contributed by atoms with E-state index in [1.54, 1.807) is 0 Å². The first-order chi connectivity index (χ1) is 6.26. The molecular formula is C12H14O. The molecule has 0 saturated carbocycles. The molecule has 0 spiro atoms. The smallest absolute Gasteiger partial charge is 0.116 e. The van der Waals surface area contributed by atoms with E-state index in [4.69, 9.17) is 4.74 Å². The van der Waals surface area contributed by atoms with Crippen LogP contribution in [0.1, 0.15) is 18.9 Å². The van der Waals surface area contributed by atoms with Crippen LogP contribution in [0.3, 0.4) is 0 Å². The largest absolute Gasteiger partial charge is 0.366 e. The van der Waals surface area contributed by atoms with Crippen LogP contribution in [0.25, 0.3) is 0 Å². The third-order valence-electron chi connectivity index (χ3n) is 2.73. The topological polar surface area (TPSA) is 9.23 Å². The summed E-state index contributed by atoms with van der Waals surface area (Å²) in [6.45, 7) is 6.88. The van der Waals surface area contributed by atoms with Crippen molar-refractivity contribution in [2.45, 2.75) is 18.9 Å². The Kier molecular flexibility index (Phi) is 1.97. The van der Waals surface area contributed by atoms with Gasteiger partial charge in [-0.2, -0.15) is 0 Å². The Morgan fingerprint density at radius 2 is 2.00 bits per heavy atom. The van der Waals surface area contributed by atoms with Gasteiger partial charge >= 0.3 is 0 Å². The predicted molar refractivity (Wildman–Crippen MR) is 53.5 cm³/mol. The summed E-state index contributed by atoms with van der Waals surface area (Å²) < 4.78 is 5.67. The summed E-state index contributed by atoms with van der Waals surface area (Å²) in [5.41, 5.74) is 2.15. The normalized spacial score (nSPS) is 26.5. The minimum Gasteiger partial charge on any atom is -0.366 e. The molecule has 1 atom stereocenters. The summed E-state index contributed by atoms with van der Waals surface area (Å²) in [5, 5.41) is 0. The van der Waals surface area contributed by atoms with E-state index in [9.17, 15) is 0 Å². The van der Waals surface area contributed by atoms with Crippen molar-refractivity contribution in [1.82, 2.24) is 0 Å². The lowest BCUT2D eigenvalue weighted by Gasteiger charge is -2.43. The minimum absolute atomic E-state index is 0.179. The maximum absolute atomic E-state index is 5.67. The molecule has 2 rings (SSSR count). The van der Waals surface area contributed by atoms with Gasteiger partial charge in [0, 0.05) is 6.42 Å². The number of ether oxygens (including phenoxy) is 1. The molecule has 1 nitrogen and oxygen atoms in total. The standard InChI is InChI=1S/C12H14O/c1-10(2)12(8-9-13-12)11-6-4-3-5-7-11/h3-7H,1,8-9H2,2H3. The summed E-state index contributed by atoms with van der Waals surface area (Å²) in [5.74, 6) is 0. The Bertz CT molecular complexity index is 309. The van der Waals surface area contributed by atoms with Gasteiger partial charge in [0.15, 0.2) is 0 Å². The van der Waals surface area contributed by atoms with Crippen LogP contribution in [0.15, 0.2) is 42.5 Å². The maximum Gasteiger partial charge on any atom is 0.116 e. The molecule has 1 aliphatic rings. The molecular weight excluding hydrogens is 160 g/mol. The highest BCUT2D eigenvalue weighted by Gasteiger charge is 2.40. The van der Waals surface area contributed by atoms with Gasteiger partial charge in [-0.3, -0.25) is 0 Å². The lowest BCUT2D eigenvalue weighted by Crippen LogP contribution is -2.41. The van der Waals surface area contributed by atoms with Gasteiger partial charge in [0.2, 0.25) is 0 Å². The average molecular weight is 174 g/mol. The molecule has 13 heavy (non-hydrogen) atoms. The van der Waals surface area contributed by atoms with E-state index in [1.807, 2.05) is 25.1 Å². The molecule has 1 aromatic carbocycles. The van der Waals surface area contributed by atoms with Gasteiger partial charge in [0.25, 0.3) is 0 Å². The average Bonchev–Trinajstić information content (AvgIpc) is 2.03. The maximum atomic E-state index is 5.67. The molecule has 1 aliphatic heterocycles. The van der Waals surface area contributed by atoms with Crippen LogP contribution in [0.4, 0.5) is 0 Å². The summed E-state index contributed by atoms with van der Waals surface area (Å²) in [6, 6.07) is 10.3. The van der Waals surface area contributed by atoms with Crippen molar-refractivity contribution >= 4 is 0 Å². The summed E-state index contributed by atoms with van der Waals surface area (Å²) in [6.07, 6.45) is 1.06. The SMILES string of the molecule is C=C(C)C1(c2ccccc2)CCO1. The third kappa shape index (κ3) is 1.20. The molecule has 1 heteroatoms. The molecule has 0 N–H and O–H groups in total. The van der Waals surface area contributed by atoms with Crippen LogP contribution in [-0.4, -0.2) is 6.61 Å². The zero-order chi connectivity index (χ0) is 9.31. The van der Waals surface area contributed by atoms with E-state index >= 15 is 0 Å². The van der Waals surface area contributed by atoms with Gasteiger partial charge in [-0.05, 0) is 18.1 Å². The van der Waals surface area contributed by atoms with E-state index in [1.165, 1.54) is 5.56 Å². The fourth-order valence-electron chi connectivity index (χ4n) is 1.82. The van der Waals surface area contributed by atoms with Gasteiger partial charge < -0.3 is 4.74 Å². The molecule has 1 fully saturated rings. The van der Waals surface area contributed by atoms with Crippen LogP contribution in [0.5, 0.6) is 0 Å². The number of hydrogen-bond donors (Lipinski definition) is 0. The monoisotopic (exact) mass is 174 g/mol. The van der Waals surface area contributed by atoms with E-state index in [-0.39, 0.29) is 5.60 Å². The Labute approximate surface area is 79.0 Å². The molecule has 0 amide bonds. The highest BCUT2D eigenvalue weighted by atomic mass is 16.5. The van der Waals surface area contributed by atoms with Crippen LogP contribution >= 0.6 is 0 Å². The van der Waals surface area contributed by atoms with Crippen LogP contribution in [-0.2, 0) is 10.3 Å². The van der Waals surface area contributed by atoms with E-state index in [2.05, 4.69) is 18.7 Å². The Balaban J connectivity index is 2.38. The highest BCUT2D eigenvalue weighted by molar-refractivity contribution is 5.33. The van der Waals surface area contributed by atoms with Crippen molar-refractivity contribution in [3.8, 4) is 0 Å². The fraction of sp³-hybridized carbons (Fsp3) is 0.333. The Morgan fingerprint density at radius 1 is 1.38 bits per heavy atom. The van der Waals surface area contributed by atoms with Crippen molar-refractivity contribution in [2.24, 2.45) is 0 Å². The number of benzene rings is 1. The van der Waals surface area contributed by atoms with Gasteiger partial charge in [0.1, 0.15) is 5.60 Å². The highest BCUT2D eigenvalue weighted by Crippen LogP contribution is 2.42. The zero-order valence-corrected chi connectivity index (χ0v) is 7.92. The molecule has 0 aliphatic carbocycles. The molecule has 0 radical (unpaired) electrons. The van der Waals surface area contributed by atoms with Gasteiger partial charge in [0.05, 0.1) is 6.61 Å². The summed E-state index contributed by atoms with van der Waals surface area (Å²) >= 11 is 0. The van der Waals surface area contributed by atoms with Crippen LogP contribution < -0.4 is 0 Å². The molecule has 0 bridgehead atoms. The van der Waals surface area contributed by atoms with Crippen molar-refractivity contribution < 1.29 is 4.74 Å².